The van der Waals surface area contributed by atoms with Gasteiger partial charge >= 0.3 is 6.03 Å². The molecule has 9 heteroatoms. The first-order valence-electron chi connectivity index (χ1n) is 7.70. The molecule has 2 aromatic carbocycles. The van der Waals surface area contributed by atoms with Gasteiger partial charge in [-0.15, -0.1) is 0 Å². The van der Waals surface area contributed by atoms with Gasteiger partial charge in [0, 0.05) is 16.7 Å². The van der Waals surface area contributed by atoms with E-state index in [4.69, 9.17) is 11.6 Å². The average molecular weight is 386 g/mol. The third kappa shape index (κ3) is 3.56. The van der Waals surface area contributed by atoms with E-state index in [9.17, 15) is 24.5 Å². The molecule has 1 fully saturated rings. The van der Waals surface area contributed by atoms with Crippen molar-refractivity contribution >= 4 is 46.9 Å². The monoisotopic (exact) mass is 385 g/mol. The molecule has 0 bridgehead atoms. The Labute approximate surface area is 158 Å². The predicted octanol–water partition coefficient (Wildman–Crippen LogP) is 3.22. The minimum Gasteiger partial charge on any atom is -0.273 e. The summed E-state index contributed by atoms with van der Waals surface area (Å²) in [6.45, 7) is 1.58. The summed E-state index contributed by atoms with van der Waals surface area (Å²) in [5, 5.41) is 13.6. The van der Waals surface area contributed by atoms with Crippen LogP contribution in [0.5, 0.6) is 0 Å². The molecule has 0 unspecified atom stereocenters. The number of hydrogen-bond acceptors (Lipinski definition) is 5. The SMILES string of the molecule is Cc1ccc(/C=C2\C(=O)NC(=O)N(c3ccc(Cl)cc3)C2=O)cc1[N+](=O)[O-]. The average Bonchev–Trinajstić information content (AvgIpc) is 2.61. The number of imide groups is 2. The summed E-state index contributed by atoms with van der Waals surface area (Å²) in [4.78, 5) is 48.3. The first kappa shape index (κ1) is 18.3. The number of benzene rings is 2. The summed E-state index contributed by atoms with van der Waals surface area (Å²) in [7, 11) is 0. The molecule has 3 rings (SSSR count). The van der Waals surface area contributed by atoms with E-state index >= 15 is 0 Å². The normalized spacial score (nSPS) is 15.9. The van der Waals surface area contributed by atoms with Gasteiger partial charge in [-0.2, -0.15) is 0 Å². The van der Waals surface area contributed by atoms with Crippen LogP contribution in [-0.4, -0.2) is 22.8 Å². The molecule has 1 aliphatic rings. The first-order valence-corrected chi connectivity index (χ1v) is 8.08. The lowest BCUT2D eigenvalue weighted by atomic mass is 10.0. The number of aryl methyl sites for hydroxylation is 1. The van der Waals surface area contributed by atoms with Crippen molar-refractivity contribution in [2.75, 3.05) is 4.90 Å². The van der Waals surface area contributed by atoms with E-state index < -0.39 is 22.8 Å². The summed E-state index contributed by atoms with van der Waals surface area (Å²) < 4.78 is 0. The van der Waals surface area contributed by atoms with Crippen molar-refractivity contribution in [2.45, 2.75) is 6.92 Å². The van der Waals surface area contributed by atoms with Gasteiger partial charge in [-0.25, -0.2) is 9.69 Å². The summed E-state index contributed by atoms with van der Waals surface area (Å²) >= 11 is 5.81. The van der Waals surface area contributed by atoms with Crippen molar-refractivity contribution in [1.29, 1.82) is 0 Å². The largest absolute Gasteiger partial charge is 0.335 e. The standard InChI is InChI=1S/C18H12ClN3O5/c1-10-2-3-11(9-15(10)22(26)27)8-14-16(23)20-18(25)21(17(14)24)13-6-4-12(19)5-7-13/h2-9H,1H3,(H,20,23,25)/b14-8+. The molecule has 27 heavy (non-hydrogen) atoms. The summed E-state index contributed by atoms with van der Waals surface area (Å²) in [6, 6.07) is 9.34. The number of hydrogen-bond donors (Lipinski definition) is 1. The molecule has 1 N–H and O–H groups in total. The molecule has 0 spiro atoms. The fraction of sp³-hybridized carbons (Fsp3) is 0.0556. The van der Waals surface area contributed by atoms with Gasteiger partial charge < -0.3 is 0 Å². The van der Waals surface area contributed by atoms with E-state index in [0.717, 1.165) is 4.90 Å². The highest BCUT2D eigenvalue weighted by Crippen LogP contribution is 2.25. The van der Waals surface area contributed by atoms with Crippen LogP contribution in [0.4, 0.5) is 16.2 Å². The number of urea groups is 1. The molecule has 1 heterocycles. The number of nitrogens with one attached hydrogen (secondary N) is 1. The first-order chi connectivity index (χ1) is 12.8. The zero-order valence-corrected chi connectivity index (χ0v) is 14.7. The zero-order valence-electron chi connectivity index (χ0n) is 13.9. The van der Waals surface area contributed by atoms with E-state index in [2.05, 4.69) is 5.32 Å². The number of amides is 4. The smallest absolute Gasteiger partial charge is 0.273 e. The molecule has 2 aromatic rings. The number of carbonyl (C=O) groups is 3. The molecule has 136 valence electrons. The maximum Gasteiger partial charge on any atom is 0.335 e. The number of rotatable bonds is 3. The Kier molecular flexibility index (Phi) is 4.74. The van der Waals surface area contributed by atoms with Crippen LogP contribution in [0.3, 0.4) is 0 Å². The Balaban J connectivity index is 2.03. The Morgan fingerprint density at radius 1 is 1.11 bits per heavy atom. The highest BCUT2D eigenvalue weighted by Gasteiger charge is 2.36. The van der Waals surface area contributed by atoms with Crippen molar-refractivity contribution in [3.05, 3.63) is 74.3 Å². The van der Waals surface area contributed by atoms with E-state index in [1.54, 1.807) is 13.0 Å². The van der Waals surface area contributed by atoms with E-state index in [1.165, 1.54) is 42.5 Å². The van der Waals surface area contributed by atoms with Crippen molar-refractivity contribution < 1.29 is 19.3 Å². The van der Waals surface area contributed by atoms with E-state index in [0.29, 0.717) is 10.6 Å². The second-order valence-corrected chi connectivity index (χ2v) is 6.17. The molecule has 0 radical (unpaired) electrons. The zero-order chi connectivity index (χ0) is 19.7. The van der Waals surface area contributed by atoms with Crippen LogP contribution >= 0.6 is 11.6 Å². The topological polar surface area (TPSA) is 110 Å². The van der Waals surface area contributed by atoms with Gasteiger partial charge in [-0.05, 0) is 42.8 Å². The second-order valence-electron chi connectivity index (χ2n) is 5.74. The van der Waals surface area contributed by atoms with Crippen LogP contribution in [0.15, 0.2) is 48.0 Å². The quantitative estimate of drug-likeness (QED) is 0.377. The molecule has 1 aliphatic heterocycles. The van der Waals surface area contributed by atoms with Gasteiger partial charge in [0.1, 0.15) is 5.57 Å². The van der Waals surface area contributed by atoms with Crippen molar-refractivity contribution in [3.8, 4) is 0 Å². The lowest BCUT2D eigenvalue weighted by Gasteiger charge is -2.26. The number of nitrogens with zero attached hydrogens (tertiary/aromatic N) is 2. The number of nitro benzene ring substituents is 1. The summed E-state index contributed by atoms with van der Waals surface area (Å²) in [5.74, 6) is -1.72. The van der Waals surface area contributed by atoms with Gasteiger partial charge in [0.15, 0.2) is 0 Å². The minimum atomic E-state index is -0.889. The Morgan fingerprint density at radius 2 is 1.78 bits per heavy atom. The van der Waals surface area contributed by atoms with Crippen LogP contribution < -0.4 is 10.2 Å². The van der Waals surface area contributed by atoms with Gasteiger partial charge in [-0.3, -0.25) is 25.0 Å². The third-order valence-electron chi connectivity index (χ3n) is 3.93. The number of barbiturate groups is 1. The third-order valence-corrected chi connectivity index (χ3v) is 4.18. The molecule has 0 atom stereocenters. The number of carbonyl (C=O) groups excluding carboxylic acids is 3. The lowest BCUT2D eigenvalue weighted by molar-refractivity contribution is -0.385. The lowest BCUT2D eigenvalue weighted by Crippen LogP contribution is -2.54. The van der Waals surface area contributed by atoms with Gasteiger partial charge in [0.05, 0.1) is 10.6 Å². The van der Waals surface area contributed by atoms with Crippen molar-refractivity contribution in [2.24, 2.45) is 0 Å². The molecular formula is C18H12ClN3O5. The predicted molar refractivity (Wildman–Crippen MR) is 98.3 cm³/mol. The molecule has 0 aliphatic carbocycles. The fourth-order valence-corrected chi connectivity index (χ4v) is 2.69. The number of anilines is 1. The van der Waals surface area contributed by atoms with Crippen LogP contribution in [-0.2, 0) is 9.59 Å². The molecule has 0 aromatic heterocycles. The van der Waals surface area contributed by atoms with Gasteiger partial charge in [0.25, 0.3) is 17.5 Å². The van der Waals surface area contributed by atoms with Gasteiger partial charge in [0.2, 0.25) is 0 Å². The van der Waals surface area contributed by atoms with Gasteiger partial charge in [-0.1, -0.05) is 23.7 Å². The van der Waals surface area contributed by atoms with E-state index in [-0.39, 0.29) is 22.5 Å². The summed E-state index contributed by atoms with van der Waals surface area (Å²) in [5.41, 5.74) is 0.507. The molecule has 0 saturated carbocycles. The van der Waals surface area contributed by atoms with Crippen molar-refractivity contribution in [3.63, 3.8) is 0 Å². The maximum absolute atomic E-state index is 12.7. The molecular weight excluding hydrogens is 374 g/mol. The molecule has 1 saturated heterocycles. The Hall–Kier alpha value is -3.52. The fourth-order valence-electron chi connectivity index (χ4n) is 2.56. The maximum atomic E-state index is 12.7. The second kappa shape index (κ2) is 7.00. The minimum absolute atomic E-state index is 0.140. The van der Waals surface area contributed by atoms with Crippen LogP contribution in [0.25, 0.3) is 6.08 Å². The highest BCUT2D eigenvalue weighted by atomic mass is 35.5. The molecule has 8 nitrogen and oxygen atoms in total. The number of nitro groups is 1. The Bertz CT molecular complexity index is 1010. The highest BCUT2D eigenvalue weighted by molar-refractivity contribution is 6.39. The molecule has 4 amide bonds. The number of halogens is 1. The van der Waals surface area contributed by atoms with Crippen molar-refractivity contribution in [1.82, 2.24) is 5.32 Å². The van der Waals surface area contributed by atoms with E-state index in [1.807, 2.05) is 0 Å². The van der Waals surface area contributed by atoms with Crippen LogP contribution in [0, 0.1) is 17.0 Å². The van der Waals surface area contributed by atoms with Crippen LogP contribution in [0.1, 0.15) is 11.1 Å². The Morgan fingerprint density at radius 3 is 2.41 bits per heavy atom. The van der Waals surface area contributed by atoms with Crippen LogP contribution in [0.2, 0.25) is 5.02 Å². The summed E-state index contributed by atoms with van der Waals surface area (Å²) in [6.07, 6.45) is 1.21.